The van der Waals surface area contributed by atoms with Gasteiger partial charge < -0.3 is 9.32 Å². The van der Waals surface area contributed by atoms with Gasteiger partial charge in [0.25, 0.3) is 0 Å². The lowest BCUT2D eigenvalue weighted by Gasteiger charge is -2.26. The van der Waals surface area contributed by atoms with Gasteiger partial charge in [-0.25, -0.2) is 0 Å². The highest BCUT2D eigenvalue weighted by Gasteiger charge is 2.35. The summed E-state index contributed by atoms with van der Waals surface area (Å²) >= 11 is 0. The topological polar surface area (TPSA) is 16.4 Å². The maximum absolute atomic E-state index is 6.27. The molecule has 1 aliphatic rings. The molecule has 0 aliphatic heterocycles. The summed E-state index contributed by atoms with van der Waals surface area (Å²) in [6, 6.07) is 81.7. The molecule has 0 atom stereocenters. The van der Waals surface area contributed by atoms with Crippen molar-refractivity contribution >= 4 is 49.8 Å². The van der Waals surface area contributed by atoms with Crippen molar-refractivity contribution in [2.24, 2.45) is 0 Å². The van der Waals surface area contributed by atoms with Gasteiger partial charge in [-0.05, 0) is 138 Å². The van der Waals surface area contributed by atoms with Crippen molar-refractivity contribution in [3.05, 3.63) is 236 Å². The summed E-state index contributed by atoms with van der Waals surface area (Å²) in [4.78, 5) is 2.38. The van der Waals surface area contributed by atoms with E-state index in [-0.39, 0.29) is 5.41 Å². The highest BCUT2D eigenvalue weighted by Crippen LogP contribution is 2.50. The molecule has 1 aromatic heterocycles. The van der Waals surface area contributed by atoms with Gasteiger partial charge in [-0.2, -0.15) is 0 Å². The minimum Gasteiger partial charge on any atom is -0.456 e. The van der Waals surface area contributed by atoms with E-state index in [0.717, 1.165) is 55.7 Å². The Morgan fingerprint density at radius 3 is 1.73 bits per heavy atom. The van der Waals surface area contributed by atoms with Crippen molar-refractivity contribution < 1.29 is 4.42 Å². The van der Waals surface area contributed by atoms with E-state index in [2.05, 4.69) is 231 Å². The number of benzene rings is 10. The van der Waals surface area contributed by atoms with Crippen molar-refractivity contribution in [2.45, 2.75) is 19.3 Å². The number of anilines is 3. The van der Waals surface area contributed by atoms with E-state index in [1.54, 1.807) is 0 Å². The number of hydrogen-bond acceptors (Lipinski definition) is 2. The Morgan fingerprint density at radius 1 is 0.333 bits per heavy atom. The zero-order valence-corrected chi connectivity index (χ0v) is 35.2. The maximum atomic E-state index is 6.27. The van der Waals surface area contributed by atoms with Crippen LogP contribution in [-0.4, -0.2) is 0 Å². The quantitative estimate of drug-likeness (QED) is 0.160. The molecule has 2 heteroatoms. The van der Waals surface area contributed by atoms with Crippen LogP contribution >= 0.6 is 0 Å². The van der Waals surface area contributed by atoms with Gasteiger partial charge in [0, 0.05) is 33.2 Å². The predicted octanol–water partition coefficient (Wildman–Crippen LogP) is 17.2. The van der Waals surface area contributed by atoms with Crippen LogP contribution in [0.3, 0.4) is 0 Å². The van der Waals surface area contributed by atoms with Crippen molar-refractivity contribution in [3.63, 3.8) is 0 Å². The fourth-order valence-electron chi connectivity index (χ4n) is 10.1. The Kier molecular flexibility index (Phi) is 8.55. The average Bonchev–Trinajstić information content (AvgIpc) is 3.84. The average molecular weight is 806 g/mol. The largest absolute Gasteiger partial charge is 0.456 e. The second-order valence-electron chi connectivity index (χ2n) is 17.3. The number of para-hydroxylation sites is 1. The number of fused-ring (bicyclic) bond motifs is 7. The van der Waals surface area contributed by atoms with Crippen molar-refractivity contribution in [2.75, 3.05) is 4.90 Å². The van der Waals surface area contributed by atoms with Gasteiger partial charge in [-0.3, -0.25) is 0 Å². The van der Waals surface area contributed by atoms with Crippen LogP contribution in [0, 0.1) is 0 Å². The molecule has 11 aromatic rings. The molecule has 2 nitrogen and oxygen atoms in total. The Bertz CT molecular complexity index is 3530. The summed E-state index contributed by atoms with van der Waals surface area (Å²) < 4.78 is 6.27. The maximum Gasteiger partial charge on any atom is 0.136 e. The van der Waals surface area contributed by atoms with Gasteiger partial charge in [-0.1, -0.05) is 178 Å². The molecule has 12 rings (SSSR count). The number of rotatable bonds is 7. The standard InChI is InChI=1S/C61H43NO/c1-61(2)56-24-7-5-20-53(56)54-36-31-45(39-57(54)61)40-27-32-47(33-28-40)62(48-34-29-42(30-35-48)52-23-12-26-59-60(52)55-21-6-8-25-58(55)63-59)49-18-10-16-44(38-49)43-15-9-17-46(37-43)51-22-11-14-41-13-3-4-19-50(41)51/h3-39H,1-2H3. The molecule has 0 radical (unpaired) electrons. The minimum absolute atomic E-state index is 0.0551. The summed E-state index contributed by atoms with van der Waals surface area (Å²) in [5.41, 5.74) is 20.0. The van der Waals surface area contributed by atoms with Gasteiger partial charge in [0.05, 0.1) is 0 Å². The van der Waals surface area contributed by atoms with E-state index >= 15 is 0 Å². The Balaban J connectivity index is 0.947. The van der Waals surface area contributed by atoms with E-state index in [1.807, 2.05) is 12.1 Å². The summed E-state index contributed by atoms with van der Waals surface area (Å²) in [7, 11) is 0. The van der Waals surface area contributed by atoms with Crippen molar-refractivity contribution in [1.29, 1.82) is 0 Å². The first-order valence-corrected chi connectivity index (χ1v) is 21.8. The molecule has 0 unspecified atom stereocenters. The first kappa shape index (κ1) is 36.9. The van der Waals surface area contributed by atoms with Gasteiger partial charge in [0.15, 0.2) is 0 Å². The van der Waals surface area contributed by atoms with Gasteiger partial charge >= 0.3 is 0 Å². The molecule has 1 heterocycles. The fourth-order valence-corrected chi connectivity index (χ4v) is 10.1. The number of furan rings is 1. The molecule has 0 saturated heterocycles. The van der Waals surface area contributed by atoms with Crippen LogP contribution in [0.4, 0.5) is 17.1 Å². The first-order valence-electron chi connectivity index (χ1n) is 21.8. The lowest BCUT2D eigenvalue weighted by atomic mass is 9.81. The molecule has 0 bridgehead atoms. The minimum atomic E-state index is -0.0551. The predicted molar refractivity (Wildman–Crippen MR) is 265 cm³/mol. The Morgan fingerprint density at radius 2 is 0.889 bits per heavy atom. The highest BCUT2D eigenvalue weighted by molar-refractivity contribution is 6.12. The summed E-state index contributed by atoms with van der Waals surface area (Å²) in [5, 5.41) is 4.78. The van der Waals surface area contributed by atoms with Crippen LogP contribution in [0.1, 0.15) is 25.0 Å². The van der Waals surface area contributed by atoms with Crippen LogP contribution < -0.4 is 4.90 Å². The van der Waals surface area contributed by atoms with Gasteiger partial charge in [-0.15, -0.1) is 0 Å². The molecule has 0 saturated carbocycles. The van der Waals surface area contributed by atoms with Gasteiger partial charge in [0.1, 0.15) is 11.2 Å². The molecule has 0 N–H and O–H groups in total. The van der Waals surface area contributed by atoms with Crippen LogP contribution in [0.2, 0.25) is 0 Å². The third kappa shape index (κ3) is 6.17. The molecule has 0 amide bonds. The lowest BCUT2D eigenvalue weighted by Crippen LogP contribution is -2.14. The summed E-state index contributed by atoms with van der Waals surface area (Å²) in [6.07, 6.45) is 0. The van der Waals surface area contributed by atoms with Crippen LogP contribution in [0.25, 0.3) is 88.3 Å². The molecular weight excluding hydrogens is 763 g/mol. The highest BCUT2D eigenvalue weighted by atomic mass is 16.3. The SMILES string of the molecule is CC1(C)c2ccccc2-c2ccc(-c3ccc(N(c4ccc(-c5cccc6oc7ccccc7c56)cc4)c4cccc(-c5cccc(-c6cccc7ccccc67)c5)c4)cc3)cc21. The number of nitrogens with zero attached hydrogens (tertiary/aromatic N) is 1. The zero-order chi connectivity index (χ0) is 42.1. The molecule has 0 fully saturated rings. The number of hydrogen-bond donors (Lipinski definition) is 0. The van der Waals surface area contributed by atoms with Crippen molar-refractivity contribution in [1.82, 2.24) is 0 Å². The Hall–Kier alpha value is -7.94. The van der Waals surface area contributed by atoms with Crippen LogP contribution in [0.5, 0.6) is 0 Å². The van der Waals surface area contributed by atoms with E-state index in [9.17, 15) is 0 Å². The Labute approximate surface area is 368 Å². The molecule has 298 valence electrons. The smallest absolute Gasteiger partial charge is 0.136 e. The fraction of sp³-hybridized carbons (Fsp3) is 0.0492. The molecule has 10 aromatic carbocycles. The monoisotopic (exact) mass is 805 g/mol. The van der Waals surface area contributed by atoms with E-state index in [1.165, 1.54) is 60.8 Å². The second kappa shape index (κ2) is 14.6. The molecule has 63 heavy (non-hydrogen) atoms. The van der Waals surface area contributed by atoms with E-state index < -0.39 is 0 Å². The van der Waals surface area contributed by atoms with Crippen LogP contribution in [0.15, 0.2) is 229 Å². The third-order valence-electron chi connectivity index (χ3n) is 13.3. The first-order chi connectivity index (χ1) is 31.0. The lowest BCUT2D eigenvalue weighted by molar-refractivity contribution is 0.660. The second-order valence-corrected chi connectivity index (χ2v) is 17.3. The van der Waals surface area contributed by atoms with Gasteiger partial charge in [0.2, 0.25) is 0 Å². The van der Waals surface area contributed by atoms with E-state index in [4.69, 9.17) is 4.42 Å². The molecule has 0 spiro atoms. The summed E-state index contributed by atoms with van der Waals surface area (Å²) in [6.45, 7) is 4.69. The summed E-state index contributed by atoms with van der Waals surface area (Å²) in [5.74, 6) is 0. The molecule has 1 aliphatic carbocycles. The van der Waals surface area contributed by atoms with E-state index in [0.29, 0.717) is 0 Å². The zero-order valence-electron chi connectivity index (χ0n) is 35.2. The van der Waals surface area contributed by atoms with Crippen LogP contribution in [-0.2, 0) is 5.41 Å². The molecular formula is C61H43NO. The normalized spacial score (nSPS) is 12.7. The third-order valence-corrected chi connectivity index (χ3v) is 13.3. The van der Waals surface area contributed by atoms with Crippen molar-refractivity contribution in [3.8, 4) is 55.6 Å².